The quantitative estimate of drug-likeness (QED) is 0.699. The van der Waals surface area contributed by atoms with E-state index >= 15 is 0 Å². The van der Waals surface area contributed by atoms with Crippen LogP contribution in [0.25, 0.3) is 0 Å². The van der Waals surface area contributed by atoms with Crippen LogP contribution in [0.5, 0.6) is 0 Å². The minimum absolute atomic E-state index is 0.366. The SMILES string of the molecule is CC(C)C1CCN(CC2(Cc3cccc(S(=O)(=O)C(C)C)c3)CC2)CC1. The van der Waals surface area contributed by atoms with Gasteiger partial charge in [-0.1, -0.05) is 26.0 Å². The van der Waals surface area contributed by atoms with Crippen molar-refractivity contribution in [1.82, 2.24) is 4.90 Å². The van der Waals surface area contributed by atoms with Crippen molar-refractivity contribution in [2.24, 2.45) is 17.3 Å². The van der Waals surface area contributed by atoms with Gasteiger partial charge in [0.1, 0.15) is 0 Å². The molecule has 3 rings (SSSR count). The lowest BCUT2D eigenvalue weighted by atomic mass is 9.86. The van der Waals surface area contributed by atoms with Crippen molar-refractivity contribution in [3.63, 3.8) is 0 Å². The van der Waals surface area contributed by atoms with Crippen molar-refractivity contribution >= 4 is 9.84 Å². The van der Waals surface area contributed by atoms with E-state index in [2.05, 4.69) is 24.8 Å². The van der Waals surface area contributed by atoms with Crippen LogP contribution in [0.3, 0.4) is 0 Å². The van der Waals surface area contributed by atoms with Crippen LogP contribution >= 0.6 is 0 Å². The second-order valence-electron chi connectivity index (χ2n) is 9.28. The van der Waals surface area contributed by atoms with Crippen LogP contribution in [0, 0.1) is 17.3 Å². The van der Waals surface area contributed by atoms with Gasteiger partial charge in [-0.3, -0.25) is 0 Å². The molecule has 146 valence electrons. The molecule has 26 heavy (non-hydrogen) atoms. The molecule has 4 heteroatoms. The first-order valence-corrected chi connectivity index (χ1v) is 11.8. The van der Waals surface area contributed by atoms with E-state index in [1.807, 2.05) is 12.1 Å². The number of benzene rings is 1. The van der Waals surface area contributed by atoms with Gasteiger partial charge in [0, 0.05) is 6.54 Å². The highest BCUT2D eigenvalue weighted by molar-refractivity contribution is 7.92. The van der Waals surface area contributed by atoms with Gasteiger partial charge in [-0.05, 0) is 94.0 Å². The van der Waals surface area contributed by atoms with Gasteiger partial charge in [-0.2, -0.15) is 0 Å². The molecule has 1 aromatic rings. The molecular weight excluding hydrogens is 342 g/mol. The van der Waals surface area contributed by atoms with Crippen LogP contribution in [-0.4, -0.2) is 38.2 Å². The molecule has 0 aromatic heterocycles. The number of rotatable bonds is 7. The summed E-state index contributed by atoms with van der Waals surface area (Å²) >= 11 is 0. The number of hydrogen-bond acceptors (Lipinski definition) is 3. The maximum absolute atomic E-state index is 12.5. The molecule has 0 N–H and O–H groups in total. The van der Waals surface area contributed by atoms with Crippen LogP contribution in [0.15, 0.2) is 29.2 Å². The monoisotopic (exact) mass is 377 g/mol. The summed E-state index contributed by atoms with van der Waals surface area (Å²) in [5.74, 6) is 1.69. The third-order valence-electron chi connectivity index (χ3n) is 6.52. The minimum Gasteiger partial charge on any atom is -0.303 e. The van der Waals surface area contributed by atoms with E-state index in [9.17, 15) is 8.42 Å². The molecule has 0 bridgehead atoms. The maximum Gasteiger partial charge on any atom is 0.180 e. The first-order valence-electron chi connectivity index (χ1n) is 10.3. The highest BCUT2D eigenvalue weighted by atomic mass is 32.2. The molecule has 2 aliphatic rings. The third kappa shape index (κ3) is 4.51. The van der Waals surface area contributed by atoms with Gasteiger partial charge in [0.05, 0.1) is 10.1 Å². The van der Waals surface area contributed by atoms with Gasteiger partial charge in [0.25, 0.3) is 0 Å². The lowest BCUT2D eigenvalue weighted by Gasteiger charge is -2.36. The first-order chi connectivity index (χ1) is 12.2. The van der Waals surface area contributed by atoms with E-state index in [0.717, 1.165) is 18.3 Å². The van der Waals surface area contributed by atoms with E-state index in [-0.39, 0.29) is 5.25 Å². The van der Waals surface area contributed by atoms with Crippen molar-refractivity contribution in [1.29, 1.82) is 0 Å². The average molecular weight is 378 g/mol. The highest BCUT2D eigenvalue weighted by Gasteiger charge is 2.44. The molecule has 0 radical (unpaired) electrons. The summed E-state index contributed by atoms with van der Waals surface area (Å²) in [7, 11) is -3.19. The maximum atomic E-state index is 12.5. The zero-order valence-electron chi connectivity index (χ0n) is 16.9. The average Bonchev–Trinajstić information content (AvgIpc) is 3.34. The molecule has 3 nitrogen and oxygen atoms in total. The number of piperidine rings is 1. The number of nitrogens with zero attached hydrogens (tertiary/aromatic N) is 1. The lowest BCUT2D eigenvalue weighted by Crippen LogP contribution is -2.39. The smallest absolute Gasteiger partial charge is 0.180 e. The second-order valence-corrected chi connectivity index (χ2v) is 11.8. The Morgan fingerprint density at radius 2 is 1.77 bits per heavy atom. The molecule has 1 saturated heterocycles. The molecule has 0 atom stereocenters. The third-order valence-corrected chi connectivity index (χ3v) is 8.67. The van der Waals surface area contributed by atoms with Crippen molar-refractivity contribution in [2.75, 3.05) is 19.6 Å². The van der Waals surface area contributed by atoms with Crippen molar-refractivity contribution < 1.29 is 8.42 Å². The number of sulfone groups is 1. The zero-order valence-corrected chi connectivity index (χ0v) is 17.7. The predicted octanol–water partition coefficient (Wildman–Crippen LogP) is 4.56. The Morgan fingerprint density at radius 3 is 2.31 bits per heavy atom. The van der Waals surface area contributed by atoms with Crippen LogP contribution in [0.4, 0.5) is 0 Å². The molecule has 2 fully saturated rings. The molecule has 1 heterocycles. The van der Waals surface area contributed by atoms with E-state index in [0.29, 0.717) is 10.3 Å². The zero-order chi connectivity index (χ0) is 18.9. The summed E-state index contributed by atoms with van der Waals surface area (Å²) < 4.78 is 24.9. The van der Waals surface area contributed by atoms with Gasteiger partial charge in [0.15, 0.2) is 9.84 Å². The molecule has 0 amide bonds. The van der Waals surface area contributed by atoms with E-state index in [4.69, 9.17) is 0 Å². The number of likely N-dealkylation sites (tertiary alicyclic amines) is 1. The molecule has 1 aliphatic carbocycles. The summed E-state index contributed by atoms with van der Waals surface area (Å²) in [6.45, 7) is 11.8. The Balaban J connectivity index is 1.63. The van der Waals surface area contributed by atoms with Crippen LogP contribution in [0.2, 0.25) is 0 Å². The van der Waals surface area contributed by atoms with E-state index < -0.39 is 9.84 Å². The van der Waals surface area contributed by atoms with Gasteiger partial charge < -0.3 is 4.90 Å². The summed E-state index contributed by atoms with van der Waals surface area (Å²) in [6, 6.07) is 7.68. The predicted molar refractivity (Wildman–Crippen MR) is 108 cm³/mol. The Kier molecular flexibility index (Phi) is 5.83. The van der Waals surface area contributed by atoms with Gasteiger partial charge >= 0.3 is 0 Å². The highest BCUT2D eigenvalue weighted by Crippen LogP contribution is 2.49. The standard InChI is InChI=1S/C22H35NO2S/c1-17(2)20-8-12-23(13-9-20)16-22(10-11-22)15-19-6-5-7-21(14-19)26(24,25)18(3)4/h5-7,14,17-18,20H,8-13,15-16H2,1-4H3. The largest absolute Gasteiger partial charge is 0.303 e. The van der Waals surface area contributed by atoms with Gasteiger partial charge in [-0.15, -0.1) is 0 Å². The molecule has 0 spiro atoms. The summed E-state index contributed by atoms with van der Waals surface area (Å²) in [5, 5.41) is -0.366. The first kappa shape index (κ1) is 19.9. The Morgan fingerprint density at radius 1 is 1.12 bits per heavy atom. The normalized spacial score (nSPS) is 21.5. The van der Waals surface area contributed by atoms with Crippen molar-refractivity contribution in [3.8, 4) is 0 Å². The molecule has 1 aliphatic heterocycles. The Bertz CT molecular complexity index is 711. The Labute approximate surface area is 160 Å². The summed E-state index contributed by atoms with van der Waals surface area (Å²) in [4.78, 5) is 3.14. The van der Waals surface area contributed by atoms with Crippen LogP contribution in [0.1, 0.15) is 58.9 Å². The fraction of sp³-hybridized carbons (Fsp3) is 0.727. The van der Waals surface area contributed by atoms with Gasteiger partial charge in [0.2, 0.25) is 0 Å². The molecule has 1 saturated carbocycles. The fourth-order valence-corrected chi connectivity index (χ4v) is 5.49. The van der Waals surface area contributed by atoms with Gasteiger partial charge in [-0.25, -0.2) is 8.42 Å². The minimum atomic E-state index is -3.19. The van der Waals surface area contributed by atoms with E-state index in [1.54, 1.807) is 19.9 Å². The Hall–Kier alpha value is -0.870. The topological polar surface area (TPSA) is 37.4 Å². The lowest BCUT2D eigenvalue weighted by molar-refractivity contribution is 0.133. The van der Waals surface area contributed by atoms with E-state index in [1.165, 1.54) is 50.9 Å². The second kappa shape index (κ2) is 7.63. The fourth-order valence-electron chi connectivity index (χ4n) is 4.36. The molecule has 0 unspecified atom stereocenters. The summed E-state index contributed by atoms with van der Waals surface area (Å²) in [6.07, 6.45) is 6.22. The van der Waals surface area contributed by atoms with Crippen LogP contribution in [-0.2, 0) is 16.3 Å². The van der Waals surface area contributed by atoms with Crippen LogP contribution < -0.4 is 0 Å². The van der Waals surface area contributed by atoms with Crippen molar-refractivity contribution in [3.05, 3.63) is 29.8 Å². The molecule has 1 aromatic carbocycles. The number of hydrogen-bond donors (Lipinski definition) is 0. The molecular formula is C22H35NO2S. The van der Waals surface area contributed by atoms with Crippen molar-refractivity contribution in [2.45, 2.75) is 69.9 Å². The summed E-state index contributed by atoms with van der Waals surface area (Å²) in [5.41, 5.74) is 1.56.